The van der Waals surface area contributed by atoms with Crippen molar-refractivity contribution in [3.63, 3.8) is 0 Å². The second kappa shape index (κ2) is 7.54. The van der Waals surface area contributed by atoms with Crippen LogP contribution in [-0.2, 0) is 6.54 Å². The van der Waals surface area contributed by atoms with Gasteiger partial charge in [-0.25, -0.2) is 9.97 Å². The number of carbonyl (C=O) groups excluding carboxylic acids is 1. The molecule has 0 saturated heterocycles. The Morgan fingerprint density at radius 2 is 2.00 bits per heavy atom. The first kappa shape index (κ1) is 15.9. The van der Waals surface area contributed by atoms with Crippen LogP contribution in [0.25, 0.3) is 0 Å². The molecule has 1 heterocycles. The fourth-order valence-corrected chi connectivity index (χ4v) is 1.94. The number of anilines is 1. The lowest BCUT2D eigenvalue weighted by Crippen LogP contribution is -2.24. The maximum atomic E-state index is 12.2. The predicted octanol–water partition coefficient (Wildman–Crippen LogP) is 2.78. The van der Waals surface area contributed by atoms with Gasteiger partial charge in [-0.15, -0.1) is 0 Å². The second-order valence-electron chi connectivity index (χ2n) is 5.65. The minimum absolute atomic E-state index is 0.196. The largest absolute Gasteiger partial charge is 0.354 e. The Bertz CT molecular complexity index is 640. The highest BCUT2D eigenvalue weighted by molar-refractivity contribution is 5.92. The van der Waals surface area contributed by atoms with Crippen LogP contribution in [0.5, 0.6) is 0 Å². The molecule has 1 amide bonds. The first-order valence-corrected chi connectivity index (χ1v) is 7.46. The van der Waals surface area contributed by atoms with Gasteiger partial charge >= 0.3 is 0 Å². The van der Waals surface area contributed by atoms with E-state index in [4.69, 9.17) is 0 Å². The highest BCUT2D eigenvalue weighted by Gasteiger charge is 2.09. The van der Waals surface area contributed by atoms with Crippen molar-refractivity contribution in [2.24, 2.45) is 5.92 Å². The number of aryl methyl sites for hydroxylation is 1. The molecule has 0 spiro atoms. The molecule has 5 nitrogen and oxygen atoms in total. The maximum Gasteiger partial charge on any atom is 0.270 e. The Morgan fingerprint density at radius 1 is 1.23 bits per heavy atom. The van der Waals surface area contributed by atoms with Gasteiger partial charge in [0.1, 0.15) is 5.69 Å². The summed E-state index contributed by atoms with van der Waals surface area (Å²) in [6, 6.07) is 9.60. The molecule has 0 unspecified atom stereocenters. The summed E-state index contributed by atoms with van der Waals surface area (Å²) in [5.74, 6) is 0.776. The average Bonchev–Trinajstić information content (AvgIpc) is 2.52. The van der Waals surface area contributed by atoms with E-state index in [1.807, 2.05) is 31.2 Å². The van der Waals surface area contributed by atoms with Crippen LogP contribution in [0.1, 0.15) is 35.5 Å². The summed E-state index contributed by atoms with van der Waals surface area (Å²) < 4.78 is 0. The smallest absolute Gasteiger partial charge is 0.270 e. The highest BCUT2D eigenvalue weighted by Crippen LogP contribution is 2.07. The van der Waals surface area contributed by atoms with Gasteiger partial charge in [0.25, 0.3) is 5.91 Å². The van der Waals surface area contributed by atoms with Crippen LogP contribution in [0.3, 0.4) is 0 Å². The lowest BCUT2D eigenvalue weighted by molar-refractivity contribution is 0.0946. The van der Waals surface area contributed by atoms with Crippen molar-refractivity contribution in [2.45, 2.75) is 27.3 Å². The highest BCUT2D eigenvalue weighted by atomic mass is 16.1. The molecule has 0 aliphatic rings. The topological polar surface area (TPSA) is 66.9 Å². The van der Waals surface area contributed by atoms with E-state index in [-0.39, 0.29) is 5.91 Å². The van der Waals surface area contributed by atoms with Gasteiger partial charge in [-0.3, -0.25) is 4.79 Å². The van der Waals surface area contributed by atoms with E-state index in [0.29, 0.717) is 24.1 Å². The Balaban J connectivity index is 1.97. The van der Waals surface area contributed by atoms with Crippen LogP contribution in [0, 0.1) is 12.8 Å². The summed E-state index contributed by atoms with van der Waals surface area (Å²) >= 11 is 0. The molecule has 1 aromatic heterocycles. The van der Waals surface area contributed by atoms with Crippen LogP contribution in [0.4, 0.5) is 5.95 Å². The molecule has 5 heteroatoms. The summed E-state index contributed by atoms with van der Waals surface area (Å²) in [7, 11) is 0. The molecule has 116 valence electrons. The molecular formula is C17H22N4O. The van der Waals surface area contributed by atoms with Crippen LogP contribution in [0.2, 0.25) is 0 Å². The third kappa shape index (κ3) is 4.55. The van der Waals surface area contributed by atoms with Gasteiger partial charge in [-0.05, 0) is 30.0 Å². The summed E-state index contributed by atoms with van der Waals surface area (Å²) in [6.07, 6.45) is 1.60. The molecule has 2 aromatic rings. The number of amides is 1. The molecule has 0 aliphatic heterocycles. The Labute approximate surface area is 131 Å². The monoisotopic (exact) mass is 298 g/mol. The lowest BCUT2D eigenvalue weighted by atomic mass is 10.1. The van der Waals surface area contributed by atoms with Crippen molar-refractivity contribution in [1.29, 1.82) is 0 Å². The van der Waals surface area contributed by atoms with E-state index in [1.165, 1.54) is 0 Å². The van der Waals surface area contributed by atoms with Gasteiger partial charge in [-0.1, -0.05) is 38.1 Å². The lowest BCUT2D eigenvalue weighted by Gasteiger charge is -2.09. The SMILES string of the molecule is Cc1ccccc1CNC(=O)c1ccnc(NCC(C)C)n1. The maximum absolute atomic E-state index is 12.2. The fraction of sp³-hybridized carbons (Fsp3) is 0.353. The number of nitrogens with one attached hydrogen (secondary N) is 2. The Morgan fingerprint density at radius 3 is 2.73 bits per heavy atom. The van der Waals surface area contributed by atoms with E-state index in [2.05, 4.69) is 34.4 Å². The van der Waals surface area contributed by atoms with Crippen LogP contribution < -0.4 is 10.6 Å². The Kier molecular flexibility index (Phi) is 5.47. The van der Waals surface area contributed by atoms with Gasteiger partial charge in [0, 0.05) is 19.3 Å². The number of benzene rings is 1. The van der Waals surface area contributed by atoms with Crippen molar-refractivity contribution in [1.82, 2.24) is 15.3 Å². The van der Waals surface area contributed by atoms with E-state index >= 15 is 0 Å². The zero-order valence-electron chi connectivity index (χ0n) is 13.3. The van der Waals surface area contributed by atoms with Gasteiger partial charge in [0.2, 0.25) is 5.95 Å². The summed E-state index contributed by atoms with van der Waals surface area (Å²) in [4.78, 5) is 20.6. The molecule has 0 fully saturated rings. The van der Waals surface area contributed by atoms with E-state index in [9.17, 15) is 4.79 Å². The molecule has 0 bridgehead atoms. The first-order valence-electron chi connectivity index (χ1n) is 7.46. The number of hydrogen-bond acceptors (Lipinski definition) is 4. The summed E-state index contributed by atoms with van der Waals surface area (Å²) in [5.41, 5.74) is 2.63. The number of rotatable bonds is 6. The Hall–Kier alpha value is -2.43. The number of hydrogen-bond donors (Lipinski definition) is 2. The third-order valence-corrected chi connectivity index (χ3v) is 3.26. The molecular weight excluding hydrogens is 276 g/mol. The first-order chi connectivity index (χ1) is 10.6. The van der Waals surface area contributed by atoms with Crippen molar-refractivity contribution >= 4 is 11.9 Å². The van der Waals surface area contributed by atoms with Crippen LogP contribution >= 0.6 is 0 Å². The third-order valence-electron chi connectivity index (χ3n) is 3.26. The minimum atomic E-state index is -0.196. The standard InChI is InChI=1S/C17H22N4O/c1-12(2)10-20-17-18-9-8-15(21-17)16(22)19-11-14-7-5-4-6-13(14)3/h4-9,12H,10-11H2,1-3H3,(H,19,22)(H,18,20,21). The van der Waals surface area contributed by atoms with Crippen molar-refractivity contribution in [3.05, 3.63) is 53.3 Å². The van der Waals surface area contributed by atoms with Gasteiger partial charge in [0.15, 0.2) is 0 Å². The molecule has 0 saturated carbocycles. The molecule has 0 aliphatic carbocycles. The van der Waals surface area contributed by atoms with Crippen molar-refractivity contribution < 1.29 is 4.79 Å². The van der Waals surface area contributed by atoms with Crippen LogP contribution in [0.15, 0.2) is 36.5 Å². The zero-order chi connectivity index (χ0) is 15.9. The normalized spacial score (nSPS) is 10.5. The average molecular weight is 298 g/mol. The van der Waals surface area contributed by atoms with Gasteiger partial charge in [0.05, 0.1) is 0 Å². The quantitative estimate of drug-likeness (QED) is 0.860. The molecule has 1 aromatic carbocycles. The molecule has 2 rings (SSSR count). The van der Waals surface area contributed by atoms with Crippen molar-refractivity contribution in [2.75, 3.05) is 11.9 Å². The fourth-order valence-electron chi connectivity index (χ4n) is 1.94. The summed E-state index contributed by atoms with van der Waals surface area (Å²) in [5, 5.41) is 6.01. The van der Waals surface area contributed by atoms with Crippen LogP contribution in [-0.4, -0.2) is 22.4 Å². The van der Waals surface area contributed by atoms with E-state index in [1.54, 1.807) is 12.3 Å². The van der Waals surface area contributed by atoms with Gasteiger partial charge in [-0.2, -0.15) is 0 Å². The van der Waals surface area contributed by atoms with Crippen molar-refractivity contribution in [3.8, 4) is 0 Å². The molecule has 0 radical (unpaired) electrons. The summed E-state index contributed by atoms with van der Waals surface area (Å²) in [6.45, 7) is 7.50. The minimum Gasteiger partial charge on any atom is -0.354 e. The zero-order valence-corrected chi connectivity index (χ0v) is 13.3. The molecule has 22 heavy (non-hydrogen) atoms. The molecule has 2 N–H and O–H groups in total. The van der Waals surface area contributed by atoms with E-state index in [0.717, 1.165) is 17.7 Å². The number of carbonyl (C=O) groups is 1. The number of aromatic nitrogens is 2. The van der Waals surface area contributed by atoms with E-state index < -0.39 is 0 Å². The van der Waals surface area contributed by atoms with Gasteiger partial charge < -0.3 is 10.6 Å². The predicted molar refractivity (Wildman–Crippen MR) is 87.7 cm³/mol. The molecule has 0 atom stereocenters. The number of nitrogens with zero attached hydrogens (tertiary/aromatic N) is 2. The second-order valence-corrected chi connectivity index (χ2v) is 5.65.